The molecule has 0 bridgehead atoms. The summed E-state index contributed by atoms with van der Waals surface area (Å²) in [5, 5.41) is 11.1. The molecule has 0 aliphatic rings. The lowest BCUT2D eigenvalue weighted by Gasteiger charge is -2.11. The van der Waals surface area contributed by atoms with Gasteiger partial charge in [-0.3, -0.25) is 4.79 Å². The second-order valence-electron chi connectivity index (χ2n) is 4.36. The van der Waals surface area contributed by atoms with Crippen LogP contribution in [0.3, 0.4) is 0 Å². The van der Waals surface area contributed by atoms with Gasteiger partial charge in [-0.2, -0.15) is 0 Å². The number of furan rings is 1. The van der Waals surface area contributed by atoms with E-state index in [2.05, 4.69) is 15.5 Å². The first-order valence-corrected chi connectivity index (χ1v) is 7.42. The molecule has 1 unspecified atom stereocenters. The molecule has 0 aliphatic carbocycles. The molecule has 8 heteroatoms. The van der Waals surface area contributed by atoms with Crippen LogP contribution < -0.4 is 5.32 Å². The number of hydrogen-bond donors (Lipinski definition) is 1. The highest BCUT2D eigenvalue weighted by Gasteiger charge is 2.17. The van der Waals surface area contributed by atoms with Gasteiger partial charge in [0.1, 0.15) is 12.1 Å². The van der Waals surface area contributed by atoms with E-state index in [9.17, 15) is 4.79 Å². The van der Waals surface area contributed by atoms with Gasteiger partial charge in [0, 0.05) is 13.7 Å². The van der Waals surface area contributed by atoms with E-state index >= 15 is 0 Å². The zero-order valence-electron chi connectivity index (χ0n) is 12.0. The number of thioether (sulfide) groups is 1. The van der Waals surface area contributed by atoms with Gasteiger partial charge >= 0.3 is 0 Å². The van der Waals surface area contributed by atoms with Crippen molar-refractivity contribution >= 4 is 17.7 Å². The van der Waals surface area contributed by atoms with Crippen LogP contribution in [0.5, 0.6) is 0 Å². The van der Waals surface area contributed by atoms with Crippen molar-refractivity contribution in [3.05, 3.63) is 30.5 Å². The summed E-state index contributed by atoms with van der Waals surface area (Å²) < 4.78 is 12.1. The van der Waals surface area contributed by atoms with E-state index in [-0.39, 0.29) is 11.2 Å². The van der Waals surface area contributed by atoms with Crippen molar-refractivity contribution in [1.29, 1.82) is 0 Å². The maximum absolute atomic E-state index is 12.0. The van der Waals surface area contributed by atoms with Gasteiger partial charge in [-0.1, -0.05) is 11.8 Å². The average Bonchev–Trinajstić information content (AvgIpc) is 3.14. The summed E-state index contributed by atoms with van der Waals surface area (Å²) in [6.45, 7) is 3.45. The smallest absolute Gasteiger partial charge is 0.233 e. The van der Waals surface area contributed by atoms with Crippen LogP contribution in [0.4, 0.5) is 0 Å². The number of methoxy groups -OCH3 is 1. The van der Waals surface area contributed by atoms with Crippen molar-refractivity contribution in [2.24, 2.45) is 0 Å². The molecule has 2 heterocycles. The van der Waals surface area contributed by atoms with Gasteiger partial charge in [-0.05, 0) is 19.1 Å². The summed E-state index contributed by atoms with van der Waals surface area (Å²) in [5.41, 5.74) is 0. The van der Waals surface area contributed by atoms with Crippen molar-refractivity contribution < 1.29 is 13.9 Å². The highest BCUT2D eigenvalue weighted by molar-refractivity contribution is 8.00. The number of nitrogens with zero attached hydrogens (tertiary/aromatic N) is 3. The molecule has 0 saturated heterocycles. The summed E-state index contributed by atoms with van der Waals surface area (Å²) in [7, 11) is 1.64. The van der Waals surface area contributed by atoms with Crippen LogP contribution in [-0.2, 0) is 22.6 Å². The van der Waals surface area contributed by atoms with Gasteiger partial charge in [0.25, 0.3) is 0 Å². The van der Waals surface area contributed by atoms with Crippen LogP contribution >= 0.6 is 11.8 Å². The molecule has 1 atom stereocenters. The monoisotopic (exact) mass is 310 g/mol. The Morgan fingerprint density at radius 2 is 2.48 bits per heavy atom. The standard InChI is InChI=1S/C13H18N4O3S/c1-10(12(18)14-8-11-4-3-6-20-11)21-13-16-15-9-17(13)5-7-19-2/h3-4,6,9-10H,5,7-8H2,1-2H3,(H,14,18). The molecule has 0 aromatic carbocycles. The molecule has 2 aromatic rings. The van der Waals surface area contributed by atoms with Crippen molar-refractivity contribution in [3.8, 4) is 0 Å². The maximum Gasteiger partial charge on any atom is 0.233 e. The fourth-order valence-corrected chi connectivity index (χ4v) is 2.50. The average molecular weight is 310 g/mol. The van der Waals surface area contributed by atoms with Crippen LogP contribution in [0.1, 0.15) is 12.7 Å². The Morgan fingerprint density at radius 3 is 3.19 bits per heavy atom. The third-order valence-electron chi connectivity index (χ3n) is 2.78. The molecular formula is C13H18N4O3S. The van der Waals surface area contributed by atoms with E-state index in [1.807, 2.05) is 17.6 Å². The molecule has 21 heavy (non-hydrogen) atoms. The van der Waals surface area contributed by atoms with Gasteiger partial charge in [-0.25, -0.2) is 0 Å². The number of amides is 1. The van der Waals surface area contributed by atoms with E-state index < -0.39 is 0 Å². The first-order valence-electron chi connectivity index (χ1n) is 6.54. The molecule has 0 saturated carbocycles. The minimum absolute atomic E-state index is 0.0716. The second-order valence-corrected chi connectivity index (χ2v) is 5.66. The normalized spacial score (nSPS) is 12.3. The molecule has 0 fully saturated rings. The largest absolute Gasteiger partial charge is 0.467 e. The van der Waals surface area contributed by atoms with Gasteiger partial charge < -0.3 is 19.0 Å². The maximum atomic E-state index is 12.0. The molecule has 0 aliphatic heterocycles. The first kappa shape index (κ1) is 15.6. The molecular weight excluding hydrogens is 292 g/mol. The molecule has 1 N–H and O–H groups in total. The summed E-state index contributed by atoms with van der Waals surface area (Å²) in [6, 6.07) is 3.61. The minimum atomic E-state index is -0.273. The number of hydrogen-bond acceptors (Lipinski definition) is 6. The molecule has 1 amide bonds. The highest BCUT2D eigenvalue weighted by Crippen LogP contribution is 2.20. The quantitative estimate of drug-likeness (QED) is 0.740. The first-order chi connectivity index (χ1) is 10.2. The SMILES string of the molecule is COCCn1cnnc1SC(C)C(=O)NCc1ccco1. The van der Waals surface area contributed by atoms with Crippen LogP contribution in [0.15, 0.2) is 34.3 Å². The van der Waals surface area contributed by atoms with Gasteiger partial charge in [0.15, 0.2) is 5.16 Å². The van der Waals surface area contributed by atoms with Crippen molar-refractivity contribution in [2.45, 2.75) is 30.4 Å². The Morgan fingerprint density at radius 1 is 1.62 bits per heavy atom. The van der Waals surface area contributed by atoms with Crippen molar-refractivity contribution in [3.63, 3.8) is 0 Å². The number of carbonyl (C=O) groups excluding carboxylic acids is 1. The lowest BCUT2D eigenvalue weighted by atomic mass is 10.4. The zero-order chi connectivity index (χ0) is 15.1. The summed E-state index contributed by atoms with van der Waals surface area (Å²) in [4.78, 5) is 12.0. The molecule has 114 valence electrons. The fourth-order valence-electron chi connectivity index (χ4n) is 1.62. The number of carbonyl (C=O) groups is 1. The van der Waals surface area contributed by atoms with E-state index in [1.54, 1.807) is 25.8 Å². The fraction of sp³-hybridized carbons (Fsp3) is 0.462. The van der Waals surface area contributed by atoms with Crippen LogP contribution in [0, 0.1) is 0 Å². The number of ether oxygens (including phenoxy) is 1. The Hall–Kier alpha value is -1.80. The predicted octanol–water partition coefficient (Wildman–Crippen LogP) is 1.31. The molecule has 2 aromatic heterocycles. The van der Waals surface area contributed by atoms with E-state index in [0.29, 0.717) is 24.9 Å². The van der Waals surface area contributed by atoms with E-state index in [0.717, 1.165) is 5.76 Å². The minimum Gasteiger partial charge on any atom is -0.467 e. The number of aromatic nitrogens is 3. The second kappa shape index (κ2) is 7.84. The molecule has 0 radical (unpaired) electrons. The van der Waals surface area contributed by atoms with Crippen LogP contribution in [0.2, 0.25) is 0 Å². The Balaban J connectivity index is 1.84. The molecule has 2 rings (SSSR count). The topological polar surface area (TPSA) is 82.2 Å². The third kappa shape index (κ3) is 4.61. The number of nitrogens with one attached hydrogen (secondary N) is 1. The van der Waals surface area contributed by atoms with Crippen LogP contribution in [-0.4, -0.2) is 39.6 Å². The van der Waals surface area contributed by atoms with E-state index in [4.69, 9.17) is 9.15 Å². The lowest BCUT2D eigenvalue weighted by molar-refractivity contribution is -0.120. The van der Waals surface area contributed by atoms with Gasteiger partial charge in [-0.15, -0.1) is 10.2 Å². The number of rotatable bonds is 8. The Labute approximate surface area is 127 Å². The lowest BCUT2D eigenvalue weighted by Crippen LogP contribution is -2.30. The molecule has 7 nitrogen and oxygen atoms in total. The van der Waals surface area contributed by atoms with Gasteiger partial charge in [0.05, 0.1) is 24.7 Å². The summed E-state index contributed by atoms with van der Waals surface area (Å²) in [5.74, 6) is 0.654. The van der Waals surface area contributed by atoms with Crippen molar-refractivity contribution in [1.82, 2.24) is 20.1 Å². The Bertz CT molecular complexity index is 556. The predicted molar refractivity (Wildman–Crippen MR) is 77.8 cm³/mol. The molecule has 0 spiro atoms. The third-order valence-corrected chi connectivity index (χ3v) is 3.88. The summed E-state index contributed by atoms with van der Waals surface area (Å²) in [6.07, 6.45) is 3.22. The van der Waals surface area contributed by atoms with Crippen molar-refractivity contribution in [2.75, 3.05) is 13.7 Å². The van der Waals surface area contributed by atoms with E-state index in [1.165, 1.54) is 11.8 Å². The Kier molecular flexibility index (Phi) is 5.82. The van der Waals surface area contributed by atoms with Crippen LogP contribution in [0.25, 0.3) is 0 Å². The zero-order valence-corrected chi connectivity index (χ0v) is 12.8. The summed E-state index contributed by atoms with van der Waals surface area (Å²) >= 11 is 1.36. The van der Waals surface area contributed by atoms with Gasteiger partial charge in [0.2, 0.25) is 5.91 Å². The highest BCUT2D eigenvalue weighted by atomic mass is 32.2.